The molecule has 1 atom stereocenters. The SMILES string of the molecule is CN1Cc2c(Cl)cc(Cl)cc2C(c2ccccc2NCCOCCO)C1. The summed E-state index contributed by atoms with van der Waals surface area (Å²) in [5.74, 6) is 0.196. The Kier molecular flexibility index (Phi) is 6.79. The van der Waals surface area contributed by atoms with E-state index in [2.05, 4.69) is 35.5 Å². The van der Waals surface area contributed by atoms with Crippen LogP contribution in [-0.4, -0.2) is 50.0 Å². The molecule has 1 aliphatic rings. The van der Waals surface area contributed by atoms with Crippen molar-refractivity contribution < 1.29 is 9.84 Å². The monoisotopic (exact) mass is 394 g/mol. The van der Waals surface area contributed by atoms with Crippen LogP contribution < -0.4 is 5.32 Å². The van der Waals surface area contributed by atoms with Crippen molar-refractivity contribution in [1.82, 2.24) is 4.90 Å². The van der Waals surface area contributed by atoms with Crippen molar-refractivity contribution in [1.29, 1.82) is 0 Å². The topological polar surface area (TPSA) is 44.7 Å². The summed E-state index contributed by atoms with van der Waals surface area (Å²) < 4.78 is 5.34. The van der Waals surface area contributed by atoms with E-state index in [4.69, 9.17) is 33.0 Å². The van der Waals surface area contributed by atoms with Crippen LogP contribution in [0.4, 0.5) is 5.69 Å². The molecule has 6 heteroatoms. The number of rotatable bonds is 7. The molecule has 26 heavy (non-hydrogen) atoms. The summed E-state index contributed by atoms with van der Waals surface area (Å²) in [4.78, 5) is 2.29. The number of nitrogens with one attached hydrogen (secondary N) is 1. The molecule has 0 saturated carbocycles. The maximum atomic E-state index is 8.79. The third-order valence-corrected chi connectivity index (χ3v) is 5.18. The van der Waals surface area contributed by atoms with Gasteiger partial charge < -0.3 is 20.1 Å². The largest absolute Gasteiger partial charge is 0.394 e. The summed E-state index contributed by atoms with van der Waals surface area (Å²) in [5, 5.41) is 13.6. The normalized spacial score (nSPS) is 17.2. The highest BCUT2D eigenvalue weighted by Crippen LogP contribution is 2.40. The molecule has 0 radical (unpaired) electrons. The fraction of sp³-hybridized carbons (Fsp3) is 0.400. The summed E-state index contributed by atoms with van der Waals surface area (Å²) in [6, 6.07) is 12.2. The highest BCUT2D eigenvalue weighted by Gasteiger charge is 2.28. The standard InChI is InChI=1S/C20H24Cl2N2O2/c1-24-12-17(16-10-14(21)11-19(22)18(16)13-24)15-4-2-3-5-20(15)23-6-8-26-9-7-25/h2-5,10-11,17,23,25H,6-9,12-13H2,1H3. The van der Waals surface area contributed by atoms with Crippen LogP contribution in [-0.2, 0) is 11.3 Å². The second-order valence-electron chi connectivity index (χ2n) is 6.55. The van der Waals surface area contributed by atoms with Crippen molar-refractivity contribution in [2.75, 3.05) is 45.3 Å². The van der Waals surface area contributed by atoms with Gasteiger partial charge in [-0.05, 0) is 41.9 Å². The summed E-state index contributed by atoms with van der Waals surface area (Å²) in [6.45, 7) is 3.37. The van der Waals surface area contributed by atoms with Crippen molar-refractivity contribution in [2.45, 2.75) is 12.5 Å². The zero-order chi connectivity index (χ0) is 18.5. The molecule has 0 aliphatic carbocycles. The Morgan fingerprint density at radius 1 is 1.19 bits per heavy atom. The number of halogens is 2. The minimum absolute atomic E-state index is 0.0449. The van der Waals surface area contributed by atoms with Crippen molar-refractivity contribution in [3.63, 3.8) is 0 Å². The van der Waals surface area contributed by atoms with Gasteiger partial charge in [-0.1, -0.05) is 41.4 Å². The minimum atomic E-state index is 0.0449. The van der Waals surface area contributed by atoms with E-state index in [9.17, 15) is 0 Å². The molecular formula is C20H24Cl2N2O2. The van der Waals surface area contributed by atoms with Crippen LogP contribution in [0.25, 0.3) is 0 Å². The number of hydrogen-bond acceptors (Lipinski definition) is 4. The van der Waals surface area contributed by atoms with E-state index in [1.807, 2.05) is 18.2 Å². The highest BCUT2D eigenvalue weighted by atomic mass is 35.5. The lowest BCUT2D eigenvalue weighted by atomic mass is 9.84. The first kappa shape index (κ1) is 19.5. The van der Waals surface area contributed by atoms with Crippen LogP contribution in [0.5, 0.6) is 0 Å². The average molecular weight is 395 g/mol. The number of anilines is 1. The fourth-order valence-corrected chi connectivity index (χ4v) is 4.07. The Morgan fingerprint density at radius 2 is 2.00 bits per heavy atom. The molecule has 2 N–H and O–H groups in total. The zero-order valence-corrected chi connectivity index (χ0v) is 16.4. The number of likely N-dealkylation sites (N-methyl/N-ethyl adjacent to an activating group) is 1. The van der Waals surface area contributed by atoms with E-state index in [0.29, 0.717) is 24.8 Å². The van der Waals surface area contributed by atoms with Crippen molar-refractivity contribution in [3.8, 4) is 0 Å². The van der Waals surface area contributed by atoms with E-state index in [0.717, 1.165) is 29.4 Å². The quantitative estimate of drug-likeness (QED) is 0.696. The summed E-state index contributed by atoms with van der Waals surface area (Å²) in [5.41, 5.74) is 4.66. The maximum Gasteiger partial charge on any atom is 0.0698 e. The van der Waals surface area contributed by atoms with E-state index in [1.54, 1.807) is 0 Å². The Bertz CT molecular complexity index is 755. The molecule has 3 rings (SSSR count). The average Bonchev–Trinajstić information content (AvgIpc) is 2.62. The second kappa shape index (κ2) is 9.07. The van der Waals surface area contributed by atoms with Crippen LogP contribution >= 0.6 is 23.2 Å². The van der Waals surface area contributed by atoms with Crippen molar-refractivity contribution in [2.24, 2.45) is 0 Å². The van der Waals surface area contributed by atoms with Gasteiger partial charge in [0.1, 0.15) is 0 Å². The summed E-state index contributed by atoms with van der Waals surface area (Å²) >= 11 is 12.8. The molecule has 1 unspecified atom stereocenters. The molecule has 1 heterocycles. The molecule has 1 aliphatic heterocycles. The smallest absolute Gasteiger partial charge is 0.0698 e. The third kappa shape index (κ3) is 4.51. The molecular weight excluding hydrogens is 371 g/mol. The summed E-state index contributed by atoms with van der Waals surface area (Å²) in [7, 11) is 2.11. The van der Waals surface area contributed by atoms with Crippen LogP contribution in [0.15, 0.2) is 36.4 Å². The van der Waals surface area contributed by atoms with Gasteiger partial charge in [0.25, 0.3) is 0 Å². The second-order valence-corrected chi connectivity index (χ2v) is 7.40. The molecule has 4 nitrogen and oxygen atoms in total. The van der Waals surface area contributed by atoms with Gasteiger partial charge in [0.15, 0.2) is 0 Å². The number of fused-ring (bicyclic) bond motifs is 1. The van der Waals surface area contributed by atoms with Gasteiger partial charge >= 0.3 is 0 Å². The molecule has 0 aromatic heterocycles. The number of aliphatic hydroxyl groups excluding tert-OH is 1. The predicted octanol–water partition coefficient (Wildman–Crippen LogP) is 3.99. The molecule has 2 aromatic rings. The number of benzene rings is 2. The predicted molar refractivity (Wildman–Crippen MR) is 107 cm³/mol. The minimum Gasteiger partial charge on any atom is -0.394 e. The van der Waals surface area contributed by atoms with Crippen molar-refractivity contribution in [3.05, 3.63) is 63.1 Å². The lowest BCUT2D eigenvalue weighted by molar-refractivity contribution is 0.0992. The first-order chi connectivity index (χ1) is 12.6. The maximum absolute atomic E-state index is 8.79. The Balaban J connectivity index is 1.88. The van der Waals surface area contributed by atoms with Crippen LogP contribution in [0.3, 0.4) is 0 Å². The van der Waals surface area contributed by atoms with E-state index >= 15 is 0 Å². The van der Waals surface area contributed by atoms with E-state index < -0.39 is 0 Å². The third-order valence-electron chi connectivity index (χ3n) is 4.63. The van der Waals surface area contributed by atoms with Gasteiger partial charge in [-0.25, -0.2) is 0 Å². The Labute approximate surface area is 164 Å². The number of hydrogen-bond donors (Lipinski definition) is 2. The van der Waals surface area contributed by atoms with Crippen molar-refractivity contribution >= 4 is 28.9 Å². The zero-order valence-electron chi connectivity index (χ0n) is 14.8. The van der Waals surface area contributed by atoms with Gasteiger partial charge in [0.05, 0.1) is 19.8 Å². The highest BCUT2D eigenvalue weighted by molar-refractivity contribution is 6.35. The van der Waals surface area contributed by atoms with E-state index in [-0.39, 0.29) is 12.5 Å². The molecule has 0 amide bonds. The molecule has 0 spiro atoms. The fourth-order valence-electron chi connectivity index (χ4n) is 3.50. The number of ether oxygens (including phenoxy) is 1. The summed E-state index contributed by atoms with van der Waals surface area (Å²) in [6.07, 6.45) is 0. The van der Waals surface area contributed by atoms with Crippen LogP contribution in [0, 0.1) is 0 Å². The molecule has 140 valence electrons. The Hall–Kier alpha value is -1.30. The van der Waals surface area contributed by atoms with Crippen LogP contribution in [0.1, 0.15) is 22.6 Å². The van der Waals surface area contributed by atoms with Gasteiger partial charge in [-0.15, -0.1) is 0 Å². The first-order valence-corrected chi connectivity index (χ1v) is 9.53. The number of nitrogens with zero attached hydrogens (tertiary/aromatic N) is 1. The number of aliphatic hydroxyl groups is 1. The van der Waals surface area contributed by atoms with E-state index in [1.165, 1.54) is 11.1 Å². The van der Waals surface area contributed by atoms with Gasteiger partial charge in [0.2, 0.25) is 0 Å². The Morgan fingerprint density at radius 3 is 2.81 bits per heavy atom. The number of para-hydroxylation sites is 1. The van der Waals surface area contributed by atoms with Gasteiger partial charge in [0, 0.05) is 41.3 Å². The molecule has 0 fully saturated rings. The first-order valence-electron chi connectivity index (χ1n) is 8.78. The molecule has 0 saturated heterocycles. The van der Waals surface area contributed by atoms with Gasteiger partial charge in [-0.2, -0.15) is 0 Å². The molecule has 2 aromatic carbocycles. The van der Waals surface area contributed by atoms with Crippen LogP contribution in [0.2, 0.25) is 10.0 Å². The lowest BCUT2D eigenvalue weighted by Crippen LogP contribution is -2.31. The van der Waals surface area contributed by atoms with Gasteiger partial charge in [-0.3, -0.25) is 0 Å². The molecule has 0 bridgehead atoms. The lowest BCUT2D eigenvalue weighted by Gasteiger charge is -2.34.